The summed E-state index contributed by atoms with van der Waals surface area (Å²) in [6, 6.07) is 16.9. The monoisotopic (exact) mass is 614 g/mol. The molecular formula is C34H28Cl2N2O5. The lowest BCUT2D eigenvalue weighted by Gasteiger charge is -2.44. The van der Waals surface area contributed by atoms with E-state index in [1.54, 1.807) is 62.4 Å². The summed E-state index contributed by atoms with van der Waals surface area (Å²) in [7, 11) is 0. The lowest BCUT2D eigenvalue weighted by Crippen LogP contribution is -2.43. The predicted molar refractivity (Wildman–Crippen MR) is 163 cm³/mol. The number of aromatic hydroxyl groups is 1. The Bertz CT molecular complexity index is 1730. The highest BCUT2D eigenvalue weighted by Gasteiger charge is 2.62. The minimum atomic E-state index is -0.690. The van der Waals surface area contributed by atoms with E-state index < -0.39 is 35.5 Å². The summed E-state index contributed by atoms with van der Waals surface area (Å²) in [4.78, 5) is 58.5. The van der Waals surface area contributed by atoms with Crippen LogP contribution in [0.1, 0.15) is 35.4 Å². The van der Waals surface area contributed by atoms with Crippen LogP contribution in [0.25, 0.3) is 0 Å². The van der Waals surface area contributed by atoms with Crippen LogP contribution in [0.15, 0.2) is 72.3 Å². The van der Waals surface area contributed by atoms with Gasteiger partial charge in [0.25, 0.3) is 0 Å². The Kier molecular flexibility index (Phi) is 6.52. The van der Waals surface area contributed by atoms with Gasteiger partial charge in [0.05, 0.1) is 35.0 Å². The summed E-state index contributed by atoms with van der Waals surface area (Å²) in [5.41, 5.74) is 3.95. The first kappa shape index (κ1) is 27.9. The Labute approximate surface area is 258 Å². The van der Waals surface area contributed by atoms with Crippen LogP contribution in [0.3, 0.4) is 0 Å². The molecule has 0 radical (unpaired) electrons. The van der Waals surface area contributed by atoms with Gasteiger partial charge in [-0.05, 0) is 97.8 Å². The molecule has 3 aromatic rings. The number of amides is 4. The number of phenols is 1. The number of hydrogen-bond acceptors (Lipinski definition) is 5. The van der Waals surface area contributed by atoms with E-state index in [-0.39, 0.29) is 35.8 Å². The maximum atomic E-state index is 14.2. The van der Waals surface area contributed by atoms with E-state index in [2.05, 4.69) is 0 Å². The van der Waals surface area contributed by atoms with Gasteiger partial charge in [-0.15, -0.1) is 0 Å². The molecule has 9 heteroatoms. The first-order valence-corrected chi connectivity index (χ1v) is 15.1. The molecule has 1 N–H and O–H groups in total. The summed E-state index contributed by atoms with van der Waals surface area (Å²) in [5, 5.41) is 11.5. The molecule has 2 saturated heterocycles. The van der Waals surface area contributed by atoms with Crippen molar-refractivity contribution >= 4 is 58.2 Å². The van der Waals surface area contributed by atoms with Gasteiger partial charge in [-0.2, -0.15) is 0 Å². The molecule has 43 heavy (non-hydrogen) atoms. The Balaban J connectivity index is 1.35. The SMILES string of the molecule is Cc1cc(C2C3=CCC4C(=O)N(c5ccc(Cl)cc5)C(=O)C4C3CC3C(=O)N(c4ccc(Cl)cc4)C(=O)C32)cc(C)c1O. The molecule has 2 heterocycles. The second kappa shape index (κ2) is 10.1. The lowest BCUT2D eigenvalue weighted by atomic mass is 9.57. The number of hydrogen-bond donors (Lipinski definition) is 1. The summed E-state index contributed by atoms with van der Waals surface area (Å²) in [6.45, 7) is 3.61. The van der Waals surface area contributed by atoms with Gasteiger partial charge in [-0.3, -0.25) is 29.0 Å². The number of carbonyl (C=O) groups is 4. The fourth-order valence-corrected chi connectivity index (χ4v) is 8.07. The van der Waals surface area contributed by atoms with Crippen LogP contribution in [-0.4, -0.2) is 28.7 Å². The van der Waals surface area contributed by atoms with Crippen LogP contribution in [0.4, 0.5) is 11.4 Å². The van der Waals surface area contributed by atoms with Crippen LogP contribution in [-0.2, 0) is 19.2 Å². The second-order valence-corrected chi connectivity index (χ2v) is 12.9. The lowest BCUT2D eigenvalue weighted by molar-refractivity contribution is -0.126. The third kappa shape index (κ3) is 4.16. The van der Waals surface area contributed by atoms with Crippen molar-refractivity contribution in [1.82, 2.24) is 0 Å². The number of aryl methyl sites for hydroxylation is 2. The van der Waals surface area contributed by atoms with E-state index >= 15 is 0 Å². The van der Waals surface area contributed by atoms with Gasteiger partial charge in [0.15, 0.2) is 0 Å². The molecule has 6 atom stereocenters. The van der Waals surface area contributed by atoms with Crippen molar-refractivity contribution in [2.45, 2.75) is 32.6 Å². The molecule has 4 amide bonds. The number of allylic oxidation sites excluding steroid dienone is 2. The Morgan fingerprint density at radius 3 is 1.70 bits per heavy atom. The smallest absolute Gasteiger partial charge is 0.238 e. The van der Waals surface area contributed by atoms with Gasteiger partial charge in [-0.1, -0.05) is 47.0 Å². The first-order chi connectivity index (χ1) is 20.6. The molecule has 218 valence electrons. The molecule has 3 aromatic carbocycles. The molecule has 1 saturated carbocycles. The number of rotatable bonds is 3. The standard InChI is InChI=1S/C34H28Cl2N2O5/c1-16-13-18(14-17(2)30(16)39)27-23-11-12-24-28(33(42)37(31(24)40)21-7-3-19(35)4-8-21)25(23)15-26-29(27)34(43)38(32(26)41)22-9-5-20(36)6-10-22/h3-11,13-14,24-29,39H,12,15H2,1-2H3. The van der Waals surface area contributed by atoms with Crippen LogP contribution in [0, 0.1) is 43.4 Å². The van der Waals surface area contributed by atoms with Crippen molar-refractivity contribution in [3.63, 3.8) is 0 Å². The maximum Gasteiger partial charge on any atom is 0.238 e. The molecular weight excluding hydrogens is 587 g/mol. The van der Waals surface area contributed by atoms with E-state index in [1.165, 1.54) is 9.80 Å². The third-order valence-electron chi connectivity index (χ3n) is 9.69. The highest BCUT2D eigenvalue weighted by molar-refractivity contribution is 6.31. The van der Waals surface area contributed by atoms with Crippen molar-refractivity contribution in [2.24, 2.45) is 29.6 Å². The van der Waals surface area contributed by atoms with Crippen LogP contribution in [0.5, 0.6) is 5.75 Å². The van der Waals surface area contributed by atoms with Gasteiger partial charge in [0.1, 0.15) is 5.75 Å². The van der Waals surface area contributed by atoms with Crippen LogP contribution >= 0.6 is 23.2 Å². The zero-order chi connectivity index (χ0) is 30.3. The molecule has 7 nitrogen and oxygen atoms in total. The highest BCUT2D eigenvalue weighted by Crippen LogP contribution is 2.58. The van der Waals surface area contributed by atoms with Crippen molar-refractivity contribution in [3.05, 3.63) is 99.0 Å². The zero-order valence-electron chi connectivity index (χ0n) is 23.5. The number of nitrogens with zero attached hydrogens (tertiary/aromatic N) is 2. The average Bonchev–Trinajstić information content (AvgIpc) is 3.39. The number of halogens is 2. The molecule has 4 aliphatic rings. The van der Waals surface area contributed by atoms with E-state index in [0.717, 1.165) is 11.1 Å². The fourth-order valence-electron chi connectivity index (χ4n) is 7.82. The summed E-state index contributed by atoms with van der Waals surface area (Å²) in [5.74, 6) is -4.49. The van der Waals surface area contributed by atoms with Gasteiger partial charge in [0, 0.05) is 16.0 Å². The Morgan fingerprint density at radius 2 is 1.16 bits per heavy atom. The molecule has 0 bridgehead atoms. The predicted octanol–water partition coefficient (Wildman–Crippen LogP) is 6.36. The van der Waals surface area contributed by atoms with Gasteiger partial charge in [0.2, 0.25) is 23.6 Å². The van der Waals surface area contributed by atoms with Crippen molar-refractivity contribution in [2.75, 3.05) is 9.80 Å². The van der Waals surface area contributed by atoms with E-state index in [0.29, 0.717) is 39.0 Å². The number of phenolic OH excluding ortho intramolecular Hbond substituents is 1. The fraction of sp³-hybridized carbons (Fsp3) is 0.294. The zero-order valence-corrected chi connectivity index (χ0v) is 25.0. The van der Waals surface area contributed by atoms with Crippen molar-refractivity contribution < 1.29 is 24.3 Å². The topological polar surface area (TPSA) is 95.0 Å². The van der Waals surface area contributed by atoms with Crippen LogP contribution in [0.2, 0.25) is 10.0 Å². The maximum absolute atomic E-state index is 14.2. The van der Waals surface area contributed by atoms with E-state index in [9.17, 15) is 24.3 Å². The van der Waals surface area contributed by atoms with Crippen LogP contribution < -0.4 is 9.80 Å². The second-order valence-electron chi connectivity index (χ2n) is 12.0. The average molecular weight is 616 g/mol. The van der Waals surface area contributed by atoms with E-state index in [4.69, 9.17) is 23.2 Å². The van der Waals surface area contributed by atoms with E-state index in [1.807, 2.05) is 18.2 Å². The normalized spacial score (nSPS) is 28.1. The van der Waals surface area contributed by atoms with Crippen molar-refractivity contribution in [1.29, 1.82) is 0 Å². The third-order valence-corrected chi connectivity index (χ3v) is 10.2. The molecule has 6 unspecified atom stereocenters. The van der Waals surface area contributed by atoms with Gasteiger partial charge >= 0.3 is 0 Å². The Hall–Kier alpha value is -3.94. The minimum absolute atomic E-state index is 0.178. The molecule has 3 fully saturated rings. The van der Waals surface area contributed by atoms with Gasteiger partial charge in [-0.25, -0.2) is 0 Å². The quantitative estimate of drug-likeness (QED) is 0.273. The summed E-state index contributed by atoms with van der Waals surface area (Å²) >= 11 is 12.2. The number of fused-ring (bicyclic) bond motifs is 4. The Morgan fingerprint density at radius 1 is 0.674 bits per heavy atom. The van der Waals surface area contributed by atoms with Crippen molar-refractivity contribution in [3.8, 4) is 5.75 Å². The molecule has 2 aliphatic heterocycles. The molecule has 0 spiro atoms. The molecule has 0 aromatic heterocycles. The first-order valence-electron chi connectivity index (χ1n) is 14.3. The number of imide groups is 2. The largest absolute Gasteiger partial charge is 0.507 e. The molecule has 2 aliphatic carbocycles. The number of carbonyl (C=O) groups excluding carboxylic acids is 4. The van der Waals surface area contributed by atoms with Gasteiger partial charge < -0.3 is 5.11 Å². The molecule has 7 rings (SSSR count). The minimum Gasteiger partial charge on any atom is -0.507 e. The number of anilines is 2. The summed E-state index contributed by atoms with van der Waals surface area (Å²) in [6.07, 6.45) is 2.66. The highest BCUT2D eigenvalue weighted by atomic mass is 35.5. The summed E-state index contributed by atoms with van der Waals surface area (Å²) < 4.78 is 0. The number of benzene rings is 3.